The summed E-state index contributed by atoms with van der Waals surface area (Å²) in [5.41, 5.74) is 0.988. The largest absolute Gasteiger partial charge is 0.466 e. The van der Waals surface area contributed by atoms with Crippen LogP contribution in [-0.4, -0.2) is 37.5 Å². The number of sulfonamides is 1. The highest BCUT2D eigenvalue weighted by molar-refractivity contribution is 7.89. The normalized spacial score (nSPS) is 18.8. The summed E-state index contributed by atoms with van der Waals surface area (Å²) in [7, 11) is -3.15. The van der Waals surface area contributed by atoms with Crippen molar-refractivity contribution < 1.29 is 17.6 Å². The lowest BCUT2D eigenvalue weighted by molar-refractivity contribution is -0.126. The predicted octanol–water partition coefficient (Wildman–Crippen LogP) is 2.14. The molecule has 1 saturated heterocycles. The molecule has 1 atom stereocenters. The van der Waals surface area contributed by atoms with Gasteiger partial charge in [-0.3, -0.25) is 4.79 Å². The molecular weight excluding hydrogens is 316 g/mol. The van der Waals surface area contributed by atoms with Crippen LogP contribution in [0.25, 0.3) is 0 Å². The van der Waals surface area contributed by atoms with Gasteiger partial charge in [0.15, 0.2) is 0 Å². The van der Waals surface area contributed by atoms with E-state index in [9.17, 15) is 13.2 Å². The maximum Gasteiger partial charge on any atom is 0.223 e. The molecule has 2 heterocycles. The van der Waals surface area contributed by atoms with Crippen LogP contribution in [0.5, 0.6) is 0 Å². The molecule has 6 nitrogen and oxygen atoms in total. The third kappa shape index (κ3) is 4.14. The molecule has 7 heteroatoms. The molecule has 1 unspecified atom stereocenters. The highest BCUT2D eigenvalue weighted by atomic mass is 32.2. The van der Waals surface area contributed by atoms with Gasteiger partial charge in [-0.1, -0.05) is 0 Å². The van der Waals surface area contributed by atoms with Gasteiger partial charge in [0.25, 0.3) is 0 Å². The summed E-state index contributed by atoms with van der Waals surface area (Å²) in [6, 6.07) is 1.83. The number of amides is 1. The monoisotopic (exact) mass is 342 g/mol. The van der Waals surface area contributed by atoms with E-state index in [-0.39, 0.29) is 23.6 Å². The minimum atomic E-state index is -3.15. The molecule has 1 aromatic rings. The predicted molar refractivity (Wildman–Crippen MR) is 88.5 cm³/mol. The van der Waals surface area contributed by atoms with Gasteiger partial charge in [0.1, 0.15) is 11.5 Å². The first kappa shape index (κ1) is 18.0. The Bertz CT molecular complexity index is 658. The Labute approximate surface area is 138 Å². The Morgan fingerprint density at radius 1 is 1.39 bits per heavy atom. The molecular formula is C16H26N2O4S. The first-order valence-electron chi connectivity index (χ1n) is 8.09. The highest BCUT2D eigenvalue weighted by Crippen LogP contribution is 2.24. The Balaban J connectivity index is 1.92. The third-order valence-corrected chi connectivity index (χ3v) is 6.37. The number of carbonyl (C=O) groups excluding carboxylic acids is 1. The lowest BCUT2D eigenvalue weighted by atomic mass is 9.96. The molecule has 1 amide bonds. The minimum absolute atomic E-state index is 0.00991. The number of nitrogens with zero attached hydrogens (tertiary/aromatic N) is 1. The van der Waals surface area contributed by atoms with Crippen LogP contribution >= 0.6 is 0 Å². The molecule has 0 aliphatic carbocycles. The molecule has 130 valence electrons. The van der Waals surface area contributed by atoms with E-state index in [0.29, 0.717) is 25.9 Å². The molecule has 0 saturated carbocycles. The smallest absolute Gasteiger partial charge is 0.223 e. The zero-order valence-corrected chi connectivity index (χ0v) is 15.1. The standard InChI is InChI=1S/C16H26N2O4S/c1-5-23(20,21)18-8-6-14(7-9-18)16(19)17-12(3)15-10-11(2)22-13(15)4/h10,12,14H,5-9H2,1-4H3,(H,17,19). The van der Waals surface area contributed by atoms with Gasteiger partial charge in [0.2, 0.25) is 15.9 Å². The summed E-state index contributed by atoms with van der Waals surface area (Å²) in [5, 5.41) is 3.02. The zero-order chi connectivity index (χ0) is 17.2. The van der Waals surface area contributed by atoms with Gasteiger partial charge < -0.3 is 9.73 Å². The van der Waals surface area contributed by atoms with E-state index >= 15 is 0 Å². The van der Waals surface area contributed by atoms with Gasteiger partial charge in [-0.15, -0.1) is 0 Å². The number of furan rings is 1. The summed E-state index contributed by atoms with van der Waals surface area (Å²) < 4.78 is 30.7. The van der Waals surface area contributed by atoms with Crippen LogP contribution in [0.3, 0.4) is 0 Å². The van der Waals surface area contributed by atoms with Gasteiger partial charge in [0, 0.05) is 24.6 Å². The van der Waals surface area contributed by atoms with Gasteiger partial charge in [-0.2, -0.15) is 0 Å². The number of hydrogen-bond acceptors (Lipinski definition) is 4. The van der Waals surface area contributed by atoms with E-state index in [1.165, 1.54) is 4.31 Å². The van der Waals surface area contributed by atoms with Crippen molar-refractivity contribution in [2.45, 2.75) is 46.6 Å². The summed E-state index contributed by atoms with van der Waals surface area (Å²) in [4.78, 5) is 12.4. The summed E-state index contributed by atoms with van der Waals surface area (Å²) >= 11 is 0. The van der Waals surface area contributed by atoms with E-state index in [4.69, 9.17) is 4.42 Å². The van der Waals surface area contributed by atoms with Crippen LogP contribution in [0.1, 0.15) is 49.8 Å². The van der Waals surface area contributed by atoms with Crippen molar-refractivity contribution in [2.24, 2.45) is 5.92 Å². The van der Waals surface area contributed by atoms with Crippen LogP contribution in [0.15, 0.2) is 10.5 Å². The van der Waals surface area contributed by atoms with Crippen LogP contribution in [-0.2, 0) is 14.8 Å². The van der Waals surface area contributed by atoms with Crippen LogP contribution in [0.4, 0.5) is 0 Å². The Hall–Kier alpha value is -1.34. The number of rotatable bonds is 5. The second-order valence-electron chi connectivity index (χ2n) is 6.17. The molecule has 1 fully saturated rings. The Kier molecular flexibility index (Phi) is 5.52. The van der Waals surface area contributed by atoms with Gasteiger partial charge in [0.05, 0.1) is 11.8 Å². The Morgan fingerprint density at radius 3 is 2.48 bits per heavy atom. The number of piperidine rings is 1. The highest BCUT2D eigenvalue weighted by Gasteiger charge is 2.30. The molecule has 1 aromatic heterocycles. The molecule has 2 rings (SSSR count). The number of hydrogen-bond donors (Lipinski definition) is 1. The molecule has 1 aliphatic heterocycles. The average Bonchev–Trinajstić information content (AvgIpc) is 2.86. The van der Waals surface area contributed by atoms with Crippen molar-refractivity contribution in [3.63, 3.8) is 0 Å². The van der Waals surface area contributed by atoms with Crippen molar-refractivity contribution >= 4 is 15.9 Å². The van der Waals surface area contributed by atoms with E-state index in [2.05, 4.69) is 5.32 Å². The van der Waals surface area contributed by atoms with Crippen LogP contribution < -0.4 is 5.32 Å². The van der Waals surface area contributed by atoms with E-state index in [1.54, 1.807) is 6.92 Å². The van der Waals surface area contributed by atoms with Crippen molar-refractivity contribution in [3.8, 4) is 0 Å². The molecule has 0 radical (unpaired) electrons. The molecule has 0 spiro atoms. The maximum atomic E-state index is 12.4. The lowest BCUT2D eigenvalue weighted by Gasteiger charge is -2.30. The average molecular weight is 342 g/mol. The Morgan fingerprint density at radius 2 is 2.00 bits per heavy atom. The molecule has 23 heavy (non-hydrogen) atoms. The lowest BCUT2D eigenvalue weighted by Crippen LogP contribution is -2.43. The van der Waals surface area contributed by atoms with Crippen molar-refractivity contribution in [3.05, 3.63) is 23.2 Å². The van der Waals surface area contributed by atoms with Gasteiger partial charge >= 0.3 is 0 Å². The van der Waals surface area contributed by atoms with Crippen molar-refractivity contribution in [1.82, 2.24) is 9.62 Å². The first-order chi connectivity index (χ1) is 10.7. The molecule has 1 N–H and O–H groups in total. The zero-order valence-electron chi connectivity index (χ0n) is 14.3. The number of nitrogens with one attached hydrogen (secondary N) is 1. The fraction of sp³-hybridized carbons (Fsp3) is 0.688. The summed E-state index contributed by atoms with van der Waals surface area (Å²) in [6.45, 7) is 8.20. The summed E-state index contributed by atoms with van der Waals surface area (Å²) in [6.07, 6.45) is 1.14. The number of carbonyl (C=O) groups is 1. The van der Waals surface area contributed by atoms with Crippen LogP contribution in [0, 0.1) is 19.8 Å². The van der Waals surface area contributed by atoms with Gasteiger partial charge in [-0.25, -0.2) is 12.7 Å². The second kappa shape index (κ2) is 7.05. The second-order valence-corrected chi connectivity index (χ2v) is 8.43. The quantitative estimate of drug-likeness (QED) is 0.889. The SMILES string of the molecule is CCS(=O)(=O)N1CCC(C(=O)NC(C)c2cc(C)oc2C)CC1. The van der Waals surface area contributed by atoms with Crippen molar-refractivity contribution in [1.29, 1.82) is 0 Å². The molecule has 1 aliphatic rings. The maximum absolute atomic E-state index is 12.4. The summed E-state index contributed by atoms with van der Waals surface area (Å²) in [5.74, 6) is 1.62. The third-order valence-electron chi connectivity index (χ3n) is 4.49. The van der Waals surface area contributed by atoms with E-state index in [0.717, 1.165) is 17.1 Å². The number of aryl methyl sites for hydroxylation is 2. The first-order valence-corrected chi connectivity index (χ1v) is 9.70. The topological polar surface area (TPSA) is 79.6 Å². The fourth-order valence-corrected chi connectivity index (χ4v) is 4.20. The van der Waals surface area contributed by atoms with Gasteiger partial charge in [-0.05, 0) is 46.6 Å². The van der Waals surface area contributed by atoms with E-state index < -0.39 is 10.0 Å². The minimum Gasteiger partial charge on any atom is -0.466 e. The van der Waals surface area contributed by atoms with Crippen LogP contribution in [0.2, 0.25) is 0 Å². The van der Waals surface area contributed by atoms with Crippen molar-refractivity contribution in [2.75, 3.05) is 18.8 Å². The molecule has 0 bridgehead atoms. The molecule has 0 aromatic carbocycles. The van der Waals surface area contributed by atoms with E-state index in [1.807, 2.05) is 26.8 Å². The fourth-order valence-electron chi connectivity index (χ4n) is 3.07.